The average molecular weight is 336 g/mol. The molecule has 0 spiro atoms. The van der Waals surface area contributed by atoms with Gasteiger partial charge in [0, 0.05) is 26.7 Å². The molecule has 108 valence electrons. The van der Waals surface area contributed by atoms with Crippen molar-refractivity contribution < 1.29 is 18.6 Å². The zero-order valence-electron chi connectivity index (χ0n) is 11.0. The number of nitrogens with two attached hydrogens (primary N) is 1. The van der Waals surface area contributed by atoms with Gasteiger partial charge in [0.1, 0.15) is 0 Å². The highest BCUT2D eigenvalue weighted by molar-refractivity contribution is 9.10. The summed E-state index contributed by atoms with van der Waals surface area (Å²) in [7, 11) is 1.62. The van der Waals surface area contributed by atoms with E-state index in [0.717, 1.165) is 0 Å². The van der Waals surface area contributed by atoms with E-state index in [2.05, 4.69) is 15.9 Å². The van der Waals surface area contributed by atoms with Crippen LogP contribution in [0.15, 0.2) is 16.6 Å². The molecule has 1 aromatic rings. The van der Waals surface area contributed by atoms with E-state index in [1.165, 1.54) is 0 Å². The van der Waals surface area contributed by atoms with Crippen LogP contribution in [0.3, 0.4) is 0 Å². The van der Waals surface area contributed by atoms with Gasteiger partial charge in [-0.25, -0.2) is 4.39 Å². The summed E-state index contributed by atoms with van der Waals surface area (Å²) in [6.45, 7) is 2.38. The molecular formula is C13H19BrFNO3. The van der Waals surface area contributed by atoms with Crippen molar-refractivity contribution in [3.05, 3.63) is 28.0 Å². The smallest absolute Gasteiger partial charge is 0.179 e. The molecule has 0 unspecified atom stereocenters. The van der Waals surface area contributed by atoms with Crippen molar-refractivity contribution in [2.24, 2.45) is 5.73 Å². The van der Waals surface area contributed by atoms with Gasteiger partial charge in [-0.3, -0.25) is 0 Å². The van der Waals surface area contributed by atoms with E-state index in [-0.39, 0.29) is 12.3 Å². The molecule has 0 bridgehead atoms. The second-order valence-electron chi connectivity index (χ2n) is 3.86. The lowest BCUT2D eigenvalue weighted by Crippen LogP contribution is -2.08. The fourth-order valence-electron chi connectivity index (χ4n) is 1.43. The molecule has 0 aliphatic rings. The molecule has 6 heteroatoms. The maximum atomic E-state index is 13.8. The maximum absolute atomic E-state index is 13.8. The molecule has 1 rings (SSSR count). The quantitative estimate of drug-likeness (QED) is 0.704. The molecule has 0 saturated carbocycles. The average Bonchev–Trinajstić information content (AvgIpc) is 2.42. The Morgan fingerprint density at radius 2 is 2.00 bits per heavy atom. The van der Waals surface area contributed by atoms with Gasteiger partial charge in [0.05, 0.1) is 24.3 Å². The van der Waals surface area contributed by atoms with Gasteiger partial charge >= 0.3 is 0 Å². The lowest BCUT2D eigenvalue weighted by Gasteiger charge is -2.10. The van der Waals surface area contributed by atoms with Crippen molar-refractivity contribution in [3.63, 3.8) is 0 Å². The molecule has 0 heterocycles. The van der Waals surface area contributed by atoms with Crippen molar-refractivity contribution >= 4 is 15.9 Å². The topological polar surface area (TPSA) is 53.7 Å². The second-order valence-corrected chi connectivity index (χ2v) is 4.66. The van der Waals surface area contributed by atoms with Crippen LogP contribution in [0.4, 0.5) is 4.39 Å². The summed E-state index contributed by atoms with van der Waals surface area (Å²) in [6.07, 6.45) is 0.694. The minimum atomic E-state index is -0.414. The van der Waals surface area contributed by atoms with Crippen LogP contribution in [0.5, 0.6) is 5.75 Å². The molecule has 19 heavy (non-hydrogen) atoms. The molecule has 1 aromatic carbocycles. The first-order valence-electron chi connectivity index (χ1n) is 6.07. The predicted octanol–water partition coefficient (Wildman–Crippen LogP) is 2.48. The number of ether oxygens (including phenoxy) is 3. The normalized spacial score (nSPS) is 10.7. The van der Waals surface area contributed by atoms with Gasteiger partial charge in [-0.05, 0) is 27.6 Å². The second kappa shape index (κ2) is 9.25. The highest BCUT2D eigenvalue weighted by Crippen LogP contribution is 2.28. The number of hydrogen-bond donors (Lipinski definition) is 1. The van der Waals surface area contributed by atoms with Crippen molar-refractivity contribution in [1.82, 2.24) is 0 Å². The third kappa shape index (κ3) is 5.44. The minimum absolute atomic E-state index is 0.223. The third-order valence-electron chi connectivity index (χ3n) is 2.47. The first-order chi connectivity index (χ1) is 9.20. The van der Waals surface area contributed by atoms with Gasteiger partial charge < -0.3 is 19.9 Å². The Balaban J connectivity index is 2.32. The zero-order chi connectivity index (χ0) is 14.1. The zero-order valence-corrected chi connectivity index (χ0v) is 12.5. The van der Waals surface area contributed by atoms with Crippen LogP contribution in [0, 0.1) is 5.82 Å². The Bertz CT molecular complexity index is 390. The van der Waals surface area contributed by atoms with E-state index in [1.54, 1.807) is 19.2 Å². The van der Waals surface area contributed by atoms with Crippen LogP contribution >= 0.6 is 15.9 Å². The molecule has 0 amide bonds. The highest BCUT2D eigenvalue weighted by Gasteiger charge is 2.11. The van der Waals surface area contributed by atoms with Crippen LogP contribution in [-0.2, 0) is 16.0 Å². The van der Waals surface area contributed by atoms with Gasteiger partial charge in [-0.1, -0.05) is 6.07 Å². The summed E-state index contributed by atoms with van der Waals surface area (Å²) in [4.78, 5) is 0. The van der Waals surface area contributed by atoms with E-state index in [4.69, 9.17) is 19.9 Å². The number of methoxy groups -OCH3 is 1. The van der Waals surface area contributed by atoms with Crippen LogP contribution < -0.4 is 10.5 Å². The van der Waals surface area contributed by atoms with Crippen molar-refractivity contribution in [3.8, 4) is 5.75 Å². The lowest BCUT2D eigenvalue weighted by atomic mass is 10.2. The summed E-state index contributed by atoms with van der Waals surface area (Å²) in [5, 5.41) is 0. The lowest BCUT2D eigenvalue weighted by molar-refractivity contribution is 0.0642. The van der Waals surface area contributed by atoms with Gasteiger partial charge in [0.25, 0.3) is 0 Å². The summed E-state index contributed by atoms with van der Waals surface area (Å²) in [5.74, 6) is -0.191. The molecule has 4 nitrogen and oxygen atoms in total. The molecule has 0 fully saturated rings. The number of rotatable bonds is 9. The highest BCUT2D eigenvalue weighted by atomic mass is 79.9. The van der Waals surface area contributed by atoms with Crippen molar-refractivity contribution in [2.75, 3.05) is 33.5 Å². The van der Waals surface area contributed by atoms with Crippen LogP contribution in [-0.4, -0.2) is 33.5 Å². The first-order valence-corrected chi connectivity index (χ1v) is 6.86. The van der Waals surface area contributed by atoms with Crippen LogP contribution in [0.1, 0.15) is 12.0 Å². The summed E-state index contributed by atoms with van der Waals surface area (Å²) in [6, 6.07) is 3.34. The maximum Gasteiger partial charge on any atom is 0.179 e. The van der Waals surface area contributed by atoms with Gasteiger partial charge in [-0.15, -0.1) is 0 Å². The van der Waals surface area contributed by atoms with Crippen LogP contribution in [0.2, 0.25) is 0 Å². The predicted molar refractivity (Wildman–Crippen MR) is 74.8 cm³/mol. The molecule has 0 atom stereocenters. The number of hydrogen-bond acceptors (Lipinski definition) is 4. The standard InChI is InChI=1S/C13H19BrFNO3/c1-17-7-8-18-5-2-6-19-11-4-3-10(9-16)12(14)13(11)15/h3-4H,2,5-9,16H2,1H3. The number of halogens is 2. The number of benzene rings is 1. The Hall–Kier alpha value is -0.690. The molecular weight excluding hydrogens is 317 g/mol. The Labute approximate surface area is 121 Å². The van der Waals surface area contributed by atoms with E-state index >= 15 is 0 Å². The van der Waals surface area contributed by atoms with Crippen molar-refractivity contribution in [2.45, 2.75) is 13.0 Å². The molecule has 0 saturated heterocycles. The Morgan fingerprint density at radius 3 is 2.68 bits per heavy atom. The molecule has 0 radical (unpaired) electrons. The van der Waals surface area contributed by atoms with E-state index in [0.29, 0.717) is 42.9 Å². The SMILES string of the molecule is COCCOCCCOc1ccc(CN)c(Br)c1F. The van der Waals surface area contributed by atoms with Crippen molar-refractivity contribution in [1.29, 1.82) is 0 Å². The minimum Gasteiger partial charge on any atom is -0.490 e. The third-order valence-corrected chi connectivity index (χ3v) is 3.33. The Morgan fingerprint density at radius 1 is 1.21 bits per heavy atom. The van der Waals surface area contributed by atoms with E-state index < -0.39 is 5.82 Å². The fraction of sp³-hybridized carbons (Fsp3) is 0.538. The van der Waals surface area contributed by atoms with E-state index in [9.17, 15) is 4.39 Å². The molecule has 0 aliphatic heterocycles. The summed E-state index contributed by atoms with van der Waals surface area (Å²) in [5.41, 5.74) is 6.20. The summed E-state index contributed by atoms with van der Waals surface area (Å²) >= 11 is 3.17. The fourth-order valence-corrected chi connectivity index (χ4v) is 1.92. The summed E-state index contributed by atoms with van der Waals surface area (Å²) < 4.78 is 29.7. The monoisotopic (exact) mass is 335 g/mol. The first kappa shape index (κ1) is 16.4. The van der Waals surface area contributed by atoms with Gasteiger partial charge in [0.15, 0.2) is 11.6 Å². The van der Waals surface area contributed by atoms with Crippen LogP contribution in [0.25, 0.3) is 0 Å². The Kier molecular flexibility index (Phi) is 7.97. The van der Waals surface area contributed by atoms with Gasteiger partial charge in [0.2, 0.25) is 0 Å². The van der Waals surface area contributed by atoms with Gasteiger partial charge in [-0.2, -0.15) is 0 Å². The molecule has 0 aliphatic carbocycles. The molecule has 0 aromatic heterocycles. The molecule has 2 N–H and O–H groups in total. The largest absolute Gasteiger partial charge is 0.490 e. The van der Waals surface area contributed by atoms with E-state index in [1.807, 2.05) is 0 Å².